The van der Waals surface area contributed by atoms with Crippen molar-refractivity contribution in [2.45, 2.75) is 119 Å². The molecular formula is C66H65N3OPt. The maximum absolute atomic E-state index is 6.63. The van der Waals surface area contributed by atoms with E-state index in [1.165, 1.54) is 101 Å². The molecule has 0 spiro atoms. The second kappa shape index (κ2) is 19.5. The van der Waals surface area contributed by atoms with E-state index >= 15 is 0 Å². The van der Waals surface area contributed by atoms with E-state index in [9.17, 15) is 0 Å². The molecule has 2 fully saturated rings. The van der Waals surface area contributed by atoms with Gasteiger partial charge < -0.3 is 14.3 Å². The Morgan fingerprint density at radius 3 is 1.76 bits per heavy atom. The van der Waals surface area contributed by atoms with Gasteiger partial charge in [0.1, 0.15) is 5.82 Å². The number of hydrogen-bond donors (Lipinski definition) is 0. The van der Waals surface area contributed by atoms with Crippen LogP contribution in [0.5, 0.6) is 11.5 Å². The minimum Gasteiger partial charge on any atom is -0.503 e. The zero-order chi connectivity index (χ0) is 48.3. The van der Waals surface area contributed by atoms with Gasteiger partial charge >= 0.3 is 21.1 Å². The Balaban J connectivity index is 0.00000582. The van der Waals surface area contributed by atoms with Gasteiger partial charge in [-0.2, -0.15) is 6.07 Å². The minimum absolute atomic E-state index is 0. The van der Waals surface area contributed by atoms with Crippen LogP contribution in [0.1, 0.15) is 124 Å². The molecule has 0 atom stereocenters. The van der Waals surface area contributed by atoms with Crippen molar-refractivity contribution < 1.29 is 25.8 Å². The summed E-state index contributed by atoms with van der Waals surface area (Å²) in [5.74, 6) is 3.39. The van der Waals surface area contributed by atoms with Crippen molar-refractivity contribution in [2.24, 2.45) is 10.8 Å². The number of aryl methyl sites for hydroxylation is 4. The Kier molecular flexibility index (Phi) is 13.3. The van der Waals surface area contributed by atoms with Crippen LogP contribution in [0.4, 0.5) is 0 Å². The summed E-state index contributed by atoms with van der Waals surface area (Å²) >= 11 is 0. The van der Waals surface area contributed by atoms with Crippen molar-refractivity contribution in [3.8, 4) is 62.0 Å². The molecule has 71 heavy (non-hydrogen) atoms. The first-order chi connectivity index (χ1) is 33.7. The summed E-state index contributed by atoms with van der Waals surface area (Å²) in [5.41, 5.74) is 19.7. The monoisotopic (exact) mass is 1110 g/mol. The molecule has 5 heteroatoms. The average Bonchev–Trinajstić information content (AvgIpc) is 3.68. The van der Waals surface area contributed by atoms with Crippen molar-refractivity contribution in [3.05, 3.63) is 185 Å². The van der Waals surface area contributed by atoms with Crippen LogP contribution in [-0.4, -0.2) is 14.5 Å². The number of pyridine rings is 2. The Morgan fingerprint density at radius 1 is 0.507 bits per heavy atom. The first-order valence-electron chi connectivity index (χ1n) is 25.7. The summed E-state index contributed by atoms with van der Waals surface area (Å²) in [7, 11) is 0. The molecule has 3 heterocycles. The van der Waals surface area contributed by atoms with E-state index in [1.54, 1.807) is 0 Å². The molecule has 9 aromatic rings. The average molecular weight is 1110 g/mol. The predicted molar refractivity (Wildman–Crippen MR) is 291 cm³/mol. The summed E-state index contributed by atoms with van der Waals surface area (Å²) in [6, 6.07) is 54.1. The maximum atomic E-state index is 6.63. The summed E-state index contributed by atoms with van der Waals surface area (Å²) in [4.78, 5) is 9.86. The fraction of sp³-hybridized carbons (Fsp3) is 0.303. The van der Waals surface area contributed by atoms with Gasteiger partial charge in [-0.25, -0.2) is 4.98 Å². The van der Waals surface area contributed by atoms with E-state index in [-0.39, 0.29) is 21.1 Å². The van der Waals surface area contributed by atoms with Crippen LogP contribution in [0, 0.1) is 50.7 Å². The molecule has 0 amide bonds. The molecule has 4 nitrogen and oxygen atoms in total. The van der Waals surface area contributed by atoms with Crippen LogP contribution in [0.25, 0.3) is 72.3 Å². The molecule has 0 radical (unpaired) electrons. The number of rotatable bonds is 9. The first-order valence-corrected chi connectivity index (χ1v) is 25.7. The predicted octanol–water partition coefficient (Wildman–Crippen LogP) is 18.2. The van der Waals surface area contributed by atoms with E-state index in [0.29, 0.717) is 34.2 Å². The van der Waals surface area contributed by atoms with Gasteiger partial charge in [-0.1, -0.05) is 124 Å². The Bertz CT molecular complexity index is 3390. The normalized spacial score (nSPS) is 16.0. The molecule has 3 aromatic heterocycles. The molecule has 0 aliphatic heterocycles. The summed E-state index contributed by atoms with van der Waals surface area (Å²) < 4.78 is 8.85. The maximum Gasteiger partial charge on any atom is 2.00 e. The van der Waals surface area contributed by atoms with Gasteiger partial charge in [0.15, 0.2) is 0 Å². The van der Waals surface area contributed by atoms with E-state index in [4.69, 9.17) is 14.7 Å². The third-order valence-electron chi connectivity index (χ3n) is 16.2. The van der Waals surface area contributed by atoms with Gasteiger partial charge in [0.05, 0.1) is 0 Å². The van der Waals surface area contributed by atoms with E-state index < -0.39 is 0 Å². The second-order valence-corrected chi connectivity index (χ2v) is 22.3. The van der Waals surface area contributed by atoms with Crippen LogP contribution in [0.2, 0.25) is 0 Å². The quantitative estimate of drug-likeness (QED) is 0.135. The minimum atomic E-state index is 0. The number of aromatic nitrogens is 3. The third kappa shape index (κ3) is 9.95. The number of hydrogen-bond acceptors (Lipinski definition) is 3. The zero-order valence-electron chi connectivity index (χ0n) is 42.7. The Morgan fingerprint density at radius 2 is 1.10 bits per heavy atom. The molecule has 360 valence electrons. The molecule has 2 aliphatic rings. The van der Waals surface area contributed by atoms with Crippen molar-refractivity contribution in [1.82, 2.24) is 14.5 Å². The second-order valence-electron chi connectivity index (χ2n) is 22.3. The van der Waals surface area contributed by atoms with Crippen molar-refractivity contribution >= 4 is 21.8 Å². The number of benzene rings is 6. The molecule has 2 saturated carbocycles. The molecule has 11 rings (SSSR count). The summed E-state index contributed by atoms with van der Waals surface area (Å²) in [6.07, 6.45) is 14.3. The van der Waals surface area contributed by atoms with Gasteiger partial charge in [0.25, 0.3) is 0 Å². The molecular weight excluding hydrogens is 1050 g/mol. The fourth-order valence-electron chi connectivity index (χ4n) is 11.4. The van der Waals surface area contributed by atoms with Crippen LogP contribution in [0.15, 0.2) is 140 Å². The summed E-state index contributed by atoms with van der Waals surface area (Å²) in [5, 5.41) is 2.22. The topological polar surface area (TPSA) is 39.9 Å². The van der Waals surface area contributed by atoms with E-state index in [1.807, 2.05) is 30.6 Å². The van der Waals surface area contributed by atoms with E-state index in [2.05, 4.69) is 181 Å². The molecule has 6 aromatic carbocycles. The van der Waals surface area contributed by atoms with E-state index in [0.717, 1.165) is 55.6 Å². The Hall–Kier alpha value is -6.09. The third-order valence-corrected chi connectivity index (χ3v) is 16.2. The van der Waals surface area contributed by atoms with Gasteiger partial charge in [-0.05, 0) is 192 Å². The van der Waals surface area contributed by atoms with Crippen molar-refractivity contribution in [1.29, 1.82) is 0 Å². The fourth-order valence-corrected chi connectivity index (χ4v) is 11.4. The SMILES string of the molecule is Cc1cnc(-n2c3[c-]c(Oc4[c-]c(-c5cc(-c6ccc(C7CCC(C)(C)CC7)cc6C)c(C)cn5)ccc4)ccc3c3cc(-c4ccc(-c5ccc(C6CCC(C)(C)CC6)cc5)cc4)ccc32)cc1C.[Pt+2]. The molecule has 0 saturated heterocycles. The van der Waals surface area contributed by atoms with Gasteiger partial charge in [-0.3, -0.25) is 0 Å². The van der Waals surface area contributed by atoms with Crippen LogP contribution in [0.3, 0.4) is 0 Å². The first kappa shape index (κ1) is 48.5. The summed E-state index contributed by atoms with van der Waals surface area (Å²) in [6.45, 7) is 18.3. The zero-order valence-corrected chi connectivity index (χ0v) is 44.9. The van der Waals surface area contributed by atoms with Crippen molar-refractivity contribution in [3.63, 3.8) is 0 Å². The smallest absolute Gasteiger partial charge is 0.503 e. The molecule has 2 aliphatic carbocycles. The molecule has 0 unspecified atom stereocenters. The van der Waals surface area contributed by atoms with Crippen LogP contribution in [-0.2, 0) is 21.1 Å². The number of nitrogens with zero attached hydrogens (tertiary/aromatic N) is 3. The van der Waals surface area contributed by atoms with Gasteiger partial charge in [0.2, 0.25) is 0 Å². The van der Waals surface area contributed by atoms with Crippen LogP contribution >= 0.6 is 0 Å². The van der Waals surface area contributed by atoms with Gasteiger partial charge in [0, 0.05) is 29.4 Å². The number of ether oxygens (including phenoxy) is 1. The standard InChI is InChI=1S/C66H65N3O.Pt/c1-42-35-64(68-40-44(42)3)69-62-25-21-53(49-18-16-47(17-19-49)46-12-14-48(15-13-46)50-26-30-65(5,6)31-27-50)37-60(62)58-24-22-56(38-63(58)69)70-55-11-9-10-54(36-55)61-39-59(45(4)41-67-61)57-23-20-52(34-43(57)2)51-28-32-66(7,8)33-29-51;/h9-25,34-35,37,39-41,50-51H,26-33H2,1-8H3;/q-2;+2. The molecule has 0 bridgehead atoms. The number of fused-ring (bicyclic) bond motifs is 3. The van der Waals surface area contributed by atoms with Gasteiger partial charge in [-0.15, -0.1) is 41.3 Å². The molecule has 0 N–H and O–H groups in total. The van der Waals surface area contributed by atoms with Crippen LogP contribution < -0.4 is 4.74 Å². The van der Waals surface area contributed by atoms with Crippen molar-refractivity contribution in [2.75, 3.05) is 0 Å². The Labute approximate surface area is 436 Å². The largest absolute Gasteiger partial charge is 2.00 e.